The number of nitrogens with one attached hydrogen (secondary N) is 1. The number of hydrogen-bond acceptors (Lipinski definition) is 4. The lowest BCUT2D eigenvalue weighted by molar-refractivity contribution is -0.145. The highest BCUT2D eigenvalue weighted by Gasteiger charge is 2.40. The number of ether oxygens (including phenoxy) is 1. The van der Waals surface area contributed by atoms with E-state index in [0.29, 0.717) is 18.9 Å². The first-order valence-corrected chi connectivity index (χ1v) is 11.7. The molecule has 160 valence electrons. The van der Waals surface area contributed by atoms with Crippen LogP contribution in [0.2, 0.25) is 0 Å². The smallest absolute Gasteiger partial charge is 0.239 e. The SMILES string of the molecule is O=C(CN1C(=O)CC1S(=O)Cc1ccccc1)NCCCCCOc1ccccc1. The van der Waals surface area contributed by atoms with Crippen LogP contribution in [0.25, 0.3) is 0 Å². The Hall–Kier alpha value is -2.67. The van der Waals surface area contributed by atoms with Crippen LogP contribution in [0.1, 0.15) is 31.2 Å². The Balaban J connectivity index is 1.29. The second-order valence-corrected chi connectivity index (χ2v) is 8.86. The van der Waals surface area contributed by atoms with Crippen molar-refractivity contribution in [3.63, 3.8) is 0 Å². The van der Waals surface area contributed by atoms with Gasteiger partial charge in [0, 0.05) is 17.3 Å². The molecule has 1 heterocycles. The third-order valence-electron chi connectivity index (χ3n) is 4.94. The molecular weight excluding hydrogens is 400 g/mol. The second-order valence-electron chi connectivity index (χ2n) is 7.26. The molecule has 7 heteroatoms. The molecule has 1 aliphatic heterocycles. The van der Waals surface area contributed by atoms with Crippen molar-refractivity contribution in [1.29, 1.82) is 0 Å². The van der Waals surface area contributed by atoms with E-state index in [1.807, 2.05) is 60.7 Å². The van der Waals surface area contributed by atoms with E-state index >= 15 is 0 Å². The van der Waals surface area contributed by atoms with Gasteiger partial charge in [0.15, 0.2) is 0 Å². The number of benzene rings is 2. The molecule has 0 aromatic heterocycles. The molecule has 6 nitrogen and oxygen atoms in total. The number of rotatable bonds is 12. The van der Waals surface area contributed by atoms with Gasteiger partial charge in [-0.05, 0) is 37.0 Å². The fourth-order valence-corrected chi connectivity index (χ4v) is 4.75. The monoisotopic (exact) mass is 428 g/mol. The summed E-state index contributed by atoms with van der Waals surface area (Å²) >= 11 is 0. The minimum absolute atomic E-state index is 0.0266. The van der Waals surface area contributed by atoms with Crippen LogP contribution in [0.3, 0.4) is 0 Å². The van der Waals surface area contributed by atoms with E-state index in [1.54, 1.807) is 0 Å². The lowest BCUT2D eigenvalue weighted by atomic mass is 10.2. The largest absolute Gasteiger partial charge is 0.494 e. The van der Waals surface area contributed by atoms with Gasteiger partial charge in [0.1, 0.15) is 17.7 Å². The van der Waals surface area contributed by atoms with Gasteiger partial charge in [-0.1, -0.05) is 48.5 Å². The summed E-state index contributed by atoms with van der Waals surface area (Å²) in [5.74, 6) is 0.936. The van der Waals surface area contributed by atoms with Crippen LogP contribution in [0.4, 0.5) is 0 Å². The molecule has 2 aromatic carbocycles. The first-order chi connectivity index (χ1) is 14.6. The van der Waals surface area contributed by atoms with Crippen LogP contribution in [0, 0.1) is 0 Å². The lowest BCUT2D eigenvalue weighted by Gasteiger charge is -2.39. The molecule has 0 spiro atoms. The number of likely N-dealkylation sites (tertiary alicyclic amines) is 1. The van der Waals surface area contributed by atoms with Gasteiger partial charge in [-0.2, -0.15) is 0 Å². The van der Waals surface area contributed by atoms with E-state index in [9.17, 15) is 13.8 Å². The number of hydrogen-bond donors (Lipinski definition) is 1. The summed E-state index contributed by atoms with van der Waals surface area (Å²) in [6, 6.07) is 19.2. The normalized spacial score (nSPS) is 16.6. The van der Waals surface area contributed by atoms with Gasteiger partial charge in [-0.3, -0.25) is 13.8 Å². The molecule has 0 aliphatic carbocycles. The zero-order chi connectivity index (χ0) is 21.2. The van der Waals surface area contributed by atoms with E-state index in [-0.39, 0.29) is 30.2 Å². The van der Waals surface area contributed by atoms with Crippen molar-refractivity contribution >= 4 is 22.6 Å². The summed E-state index contributed by atoms with van der Waals surface area (Å²) in [5.41, 5.74) is 0.968. The minimum atomic E-state index is -1.21. The molecule has 0 saturated carbocycles. The first-order valence-electron chi connectivity index (χ1n) is 10.3. The number of amides is 2. The fraction of sp³-hybridized carbons (Fsp3) is 0.391. The highest BCUT2D eigenvalue weighted by atomic mass is 32.2. The third kappa shape index (κ3) is 6.69. The Labute approximate surface area is 180 Å². The van der Waals surface area contributed by atoms with Gasteiger partial charge in [0.2, 0.25) is 11.8 Å². The summed E-state index contributed by atoms with van der Waals surface area (Å²) in [4.78, 5) is 25.5. The predicted molar refractivity (Wildman–Crippen MR) is 117 cm³/mol. The molecule has 0 radical (unpaired) electrons. The highest BCUT2D eigenvalue weighted by molar-refractivity contribution is 7.85. The van der Waals surface area contributed by atoms with E-state index in [2.05, 4.69) is 5.32 Å². The molecule has 2 atom stereocenters. The predicted octanol–water partition coefficient (Wildman–Crippen LogP) is 2.86. The van der Waals surface area contributed by atoms with E-state index in [0.717, 1.165) is 30.6 Å². The van der Waals surface area contributed by atoms with Crippen molar-refractivity contribution in [2.75, 3.05) is 19.7 Å². The molecule has 1 fully saturated rings. The van der Waals surface area contributed by atoms with Gasteiger partial charge in [0.05, 0.1) is 18.8 Å². The van der Waals surface area contributed by atoms with Crippen molar-refractivity contribution < 1.29 is 18.5 Å². The highest BCUT2D eigenvalue weighted by Crippen LogP contribution is 2.24. The van der Waals surface area contributed by atoms with Crippen LogP contribution in [0.5, 0.6) is 5.75 Å². The third-order valence-corrected chi connectivity index (χ3v) is 6.59. The summed E-state index contributed by atoms with van der Waals surface area (Å²) in [6.07, 6.45) is 2.95. The molecule has 0 bridgehead atoms. The summed E-state index contributed by atoms with van der Waals surface area (Å²) in [5, 5.41) is 2.47. The van der Waals surface area contributed by atoms with Crippen LogP contribution >= 0.6 is 0 Å². The Kier molecular flexibility index (Phi) is 8.44. The van der Waals surface area contributed by atoms with Gasteiger partial charge in [-0.15, -0.1) is 0 Å². The van der Waals surface area contributed by atoms with Crippen LogP contribution < -0.4 is 10.1 Å². The Morgan fingerprint density at radius 1 is 1.03 bits per heavy atom. The van der Waals surface area contributed by atoms with Gasteiger partial charge in [0.25, 0.3) is 0 Å². The molecule has 2 amide bonds. The summed E-state index contributed by atoms with van der Waals surface area (Å²) in [7, 11) is -1.21. The zero-order valence-electron chi connectivity index (χ0n) is 17.0. The average Bonchev–Trinajstić information content (AvgIpc) is 2.76. The standard InChI is InChI=1S/C23H28N2O4S/c26-21(24-14-8-3-9-15-29-20-12-6-2-7-13-20)17-25-22(27)16-23(25)30(28)18-19-10-4-1-5-11-19/h1-2,4-7,10-13,23H,3,8-9,14-18H2,(H,24,26). The maximum atomic E-state index is 12.6. The number of unbranched alkanes of at least 4 members (excludes halogenated alkanes) is 2. The van der Waals surface area contributed by atoms with Crippen molar-refractivity contribution in [3.05, 3.63) is 66.2 Å². The van der Waals surface area contributed by atoms with Gasteiger partial charge in [-0.25, -0.2) is 0 Å². The molecule has 2 unspecified atom stereocenters. The van der Waals surface area contributed by atoms with E-state index in [1.165, 1.54) is 4.90 Å². The second kappa shape index (κ2) is 11.5. The van der Waals surface area contributed by atoms with E-state index < -0.39 is 10.8 Å². The van der Waals surface area contributed by atoms with Crippen molar-refractivity contribution in [2.45, 2.75) is 36.8 Å². The lowest BCUT2D eigenvalue weighted by Crippen LogP contribution is -2.57. The number of nitrogens with zero attached hydrogens (tertiary/aromatic N) is 1. The Morgan fingerprint density at radius 2 is 1.73 bits per heavy atom. The molecule has 30 heavy (non-hydrogen) atoms. The summed E-state index contributed by atoms with van der Waals surface area (Å²) < 4.78 is 18.2. The molecule has 3 rings (SSSR count). The van der Waals surface area contributed by atoms with Gasteiger partial charge < -0.3 is 15.0 Å². The maximum Gasteiger partial charge on any atom is 0.239 e. The maximum absolute atomic E-state index is 12.6. The quantitative estimate of drug-likeness (QED) is 0.417. The number of para-hydroxylation sites is 1. The summed E-state index contributed by atoms with van der Waals surface area (Å²) in [6.45, 7) is 1.18. The Bertz CT molecular complexity index is 845. The number of carbonyl (C=O) groups is 2. The van der Waals surface area contributed by atoms with Gasteiger partial charge >= 0.3 is 0 Å². The molecule has 1 saturated heterocycles. The van der Waals surface area contributed by atoms with Crippen molar-refractivity contribution in [3.8, 4) is 5.75 Å². The molecule has 1 N–H and O–H groups in total. The van der Waals surface area contributed by atoms with Crippen molar-refractivity contribution in [2.24, 2.45) is 0 Å². The topological polar surface area (TPSA) is 75.7 Å². The molecule has 2 aromatic rings. The molecule has 1 aliphatic rings. The zero-order valence-corrected chi connectivity index (χ0v) is 17.8. The molecular formula is C23H28N2O4S. The van der Waals surface area contributed by atoms with E-state index in [4.69, 9.17) is 4.74 Å². The Morgan fingerprint density at radius 3 is 2.43 bits per heavy atom. The van der Waals surface area contributed by atoms with Crippen LogP contribution in [0.15, 0.2) is 60.7 Å². The fourth-order valence-electron chi connectivity index (χ4n) is 3.23. The van der Waals surface area contributed by atoms with Crippen LogP contribution in [-0.2, 0) is 26.1 Å². The first kappa shape index (κ1) is 22.0. The minimum Gasteiger partial charge on any atom is -0.494 e. The average molecular weight is 429 g/mol. The van der Waals surface area contributed by atoms with Crippen LogP contribution in [-0.4, -0.2) is 46.0 Å². The van der Waals surface area contributed by atoms with Crippen molar-refractivity contribution in [1.82, 2.24) is 10.2 Å². The number of β-lactam (4-membered cyclic amide) rings is 1. The number of carbonyl (C=O) groups excluding carboxylic acids is 2.